The molecular weight excluding hydrogens is 266 g/mol. The fraction of sp³-hybridized carbons (Fsp3) is 0.923. The second-order valence-electron chi connectivity index (χ2n) is 4.19. The molecule has 0 spiro atoms. The summed E-state index contributed by atoms with van der Waals surface area (Å²) >= 11 is 0. The summed E-state index contributed by atoms with van der Waals surface area (Å²) in [5.74, 6) is 0. The van der Waals surface area contributed by atoms with Gasteiger partial charge in [-0.2, -0.15) is 0 Å². The molecule has 7 heteroatoms. The molecule has 0 aromatic carbocycles. The Labute approximate surface area is 121 Å². The molecule has 20 heavy (non-hydrogen) atoms. The average molecular weight is 295 g/mol. The molecule has 2 rings (SSSR count). The fourth-order valence-electron chi connectivity index (χ4n) is 0.950. The van der Waals surface area contributed by atoms with Gasteiger partial charge in [0.05, 0.1) is 26.4 Å². The van der Waals surface area contributed by atoms with Crippen molar-refractivity contribution in [3.8, 4) is 0 Å². The Balaban J connectivity index is 0. The highest BCUT2D eigenvalue weighted by Gasteiger charge is 1.96. The minimum Gasteiger partial charge on any atom is -0.394 e. The molecule has 1 amide bonds. The van der Waals surface area contributed by atoms with Gasteiger partial charge in [-0.3, -0.25) is 4.79 Å². The number of ether oxygens (including phenoxy) is 1. The van der Waals surface area contributed by atoms with E-state index in [0.717, 1.165) is 45.7 Å². The lowest BCUT2D eigenvalue weighted by atomic mass is 10.3. The molecule has 0 saturated carbocycles. The summed E-state index contributed by atoms with van der Waals surface area (Å²) in [7, 11) is 3.38. The van der Waals surface area contributed by atoms with Crippen LogP contribution in [0.4, 0.5) is 0 Å². The summed E-state index contributed by atoms with van der Waals surface area (Å²) in [6.45, 7) is 3.31. The molecule has 2 heterocycles. The number of aliphatic hydroxyl groups excluding tert-OH is 2. The number of carbonyl (C=O) groups is 1. The first-order valence-electron chi connectivity index (χ1n) is 6.84. The lowest BCUT2D eigenvalue weighted by Crippen LogP contribution is -2.06. The largest absolute Gasteiger partial charge is 0.394 e. The van der Waals surface area contributed by atoms with Crippen molar-refractivity contribution in [1.82, 2.24) is 4.90 Å². The number of amides is 1. The van der Waals surface area contributed by atoms with E-state index in [1.165, 1.54) is 17.7 Å². The maximum Gasteiger partial charge on any atom is 0.209 e. The highest BCUT2D eigenvalue weighted by molar-refractivity contribution is 5.45. The third-order valence-corrected chi connectivity index (χ3v) is 1.93. The topological polar surface area (TPSA) is 88.5 Å². The quantitative estimate of drug-likeness (QED) is 0.559. The number of hydrogen-bond acceptors (Lipinski definition) is 6. The molecule has 0 unspecified atom stereocenters. The smallest absolute Gasteiger partial charge is 0.209 e. The van der Waals surface area contributed by atoms with E-state index < -0.39 is 0 Å². The summed E-state index contributed by atoms with van der Waals surface area (Å²) in [5.41, 5.74) is 0. The van der Waals surface area contributed by atoms with Crippen LogP contribution in [0, 0.1) is 0 Å². The van der Waals surface area contributed by atoms with Crippen LogP contribution in [0.25, 0.3) is 0 Å². The SMILES string of the molecule is C1CCOC1.C1CCOOC1.CN(C)C=O.OCCO. The molecule has 2 N–H and O–H groups in total. The number of nitrogens with zero attached hydrogens (tertiary/aromatic N) is 1. The Hall–Kier alpha value is -0.730. The molecule has 122 valence electrons. The number of rotatable bonds is 2. The van der Waals surface area contributed by atoms with Crippen molar-refractivity contribution < 1.29 is 29.5 Å². The first kappa shape index (κ1) is 21.6. The van der Waals surface area contributed by atoms with Crippen molar-refractivity contribution in [2.75, 3.05) is 53.7 Å². The normalized spacial score (nSPS) is 16.4. The van der Waals surface area contributed by atoms with E-state index >= 15 is 0 Å². The average Bonchev–Trinajstić information content (AvgIpc) is 3.09. The second-order valence-corrected chi connectivity index (χ2v) is 4.19. The molecule has 0 aromatic heterocycles. The third-order valence-electron chi connectivity index (χ3n) is 1.93. The molecule has 0 aliphatic carbocycles. The Morgan fingerprint density at radius 2 is 1.25 bits per heavy atom. The van der Waals surface area contributed by atoms with Gasteiger partial charge in [0, 0.05) is 27.3 Å². The highest BCUT2D eigenvalue weighted by Crippen LogP contribution is 1.98. The van der Waals surface area contributed by atoms with Gasteiger partial charge in [0.1, 0.15) is 0 Å². The summed E-state index contributed by atoms with van der Waals surface area (Å²) in [6, 6.07) is 0. The van der Waals surface area contributed by atoms with Gasteiger partial charge in [-0.15, -0.1) is 0 Å². The Bertz CT molecular complexity index is 151. The molecule has 0 aromatic rings. The van der Waals surface area contributed by atoms with Crippen LogP contribution < -0.4 is 0 Å². The zero-order valence-corrected chi connectivity index (χ0v) is 12.6. The molecule has 0 atom stereocenters. The van der Waals surface area contributed by atoms with Gasteiger partial charge in [-0.25, -0.2) is 9.78 Å². The lowest BCUT2D eigenvalue weighted by Gasteiger charge is -2.07. The first-order valence-corrected chi connectivity index (χ1v) is 6.84. The summed E-state index contributed by atoms with van der Waals surface area (Å²) in [5, 5.41) is 15.2. The van der Waals surface area contributed by atoms with Crippen LogP contribution in [0.1, 0.15) is 25.7 Å². The maximum absolute atomic E-state index is 9.43. The van der Waals surface area contributed by atoms with Crippen LogP contribution in [0.2, 0.25) is 0 Å². The second kappa shape index (κ2) is 20.6. The highest BCUT2D eigenvalue weighted by atomic mass is 17.2. The Kier molecular flexibility index (Phi) is 22.2. The monoisotopic (exact) mass is 295 g/mol. The molecule has 2 aliphatic heterocycles. The summed E-state index contributed by atoms with van der Waals surface area (Å²) < 4.78 is 4.94. The van der Waals surface area contributed by atoms with Crippen molar-refractivity contribution in [3.05, 3.63) is 0 Å². The van der Waals surface area contributed by atoms with Crippen molar-refractivity contribution in [2.24, 2.45) is 0 Å². The summed E-state index contributed by atoms with van der Waals surface area (Å²) in [6.07, 6.45) is 5.61. The molecule has 0 bridgehead atoms. The number of hydrogen-bond donors (Lipinski definition) is 2. The van der Waals surface area contributed by atoms with E-state index in [0.29, 0.717) is 0 Å². The molecule has 0 radical (unpaired) electrons. The molecule has 2 saturated heterocycles. The minimum absolute atomic E-state index is 0.125. The third kappa shape index (κ3) is 26.0. The molecule has 2 aliphatic rings. The van der Waals surface area contributed by atoms with Crippen LogP contribution in [-0.2, 0) is 19.3 Å². The summed E-state index contributed by atoms with van der Waals surface area (Å²) in [4.78, 5) is 20.0. The van der Waals surface area contributed by atoms with Gasteiger partial charge in [-0.05, 0) is 25.7 Å². The van der Waals surface area contributed by atoms with Gasteiger partial charge in [-0.1, -0.05) is 0 Å². The van der Waals surface area contributed by atoms with Gasteiger partial charge < -0.3 is 19.8 Å². The zero-order valence-electron chi connectivity index (χ0n) is 12.6. The first-order chi connectivity index (χ1) is 9.68. The number of carbonyl (C=O) groups excluding carboxylic acids is 1. The van der Waals surface area contributed by atoms with Crippen LogP contribution in [0.3, 0.4) is 0 Å². The predicted octanol–water partition coefficient (Wildman–Crippen LogP) is 0.201. The molecule has 7 nitrogen and oxygen atoms in total. The van der Waals surface area contributed by atoms with E-state index in [1.54, 1.807) is 14.1 Å². The van der Waals surface area contributed by atoms with E-state index in [-0.39, 0.29) is 13.2 Å². The van der Waals surface area contributed by atoms with Crippen molar-refractivity contribution in [3.63, 3.8) is 0 Å². The Morgan fingerprint density at radius 3 is 1.35 bits per heavy atom. The lowest BCUT2D eigenvalue weighted by molar-refractivity contribution is -0.312. The van der Waals surface area contributed by atoms with E-state index in [2.05, 4.69) is 9.78 Å². The van der Waals surface area contributed by atoms with E-state index in [4.69, 9.17) is 14.9 Å². The predicted molar refractivity (Wildman–Crippen MR) is 75.1 cm³/mol. The van der Waals surface area contributed by atoms with Crippen LogP contribution in [0.5, 0.6) is 0 Å². The van der Waals surface area contributed by atoms with E-state index in [9.17, 15) is 4.79 Å². The van der Waals surface area contributed by atoms with Crippen molar-refractivity contribution >= 4 is 6.41 Å². The molecular formula is C13H29NO6. The van der Waals surface area contributed by atoms with E-state index in [1.807, 2.05) is 0 Å². The standard InChI is InChI=1S/C4H8O2.C4H8O.C3H7NO.C2H6O2/c1-2-4-6-5-3-1;1-2-4-5-3-1;1-4(2)3-5;3-1-2-4/h1-4H2;1-4H2;3H,1-2H3;3-4H,1-2H2. The fourth-order valence-corrected chi connectivity index (χ4v) is 0.950. The van der Waals surface area contributed by atoms with Gasteiger partial charge >= 0.3 is 0 Å². The number of aliphatic hydroxyl groups is 2. The van der Waals surface area contributed by atoms with Crippen LogP contribution in [-0.4, -0.2) is 75.3 Å². The molecule has 2 fully saturated rings. The Morgan fingerprint density at radius 1 is 0.900 bits per heavy atom. The van der Waals surface area contributed by atoms with Gasteiger partial charge in [0.25, 0.3) is 0 Å². The van der Waals surface area contributed by atoms with Crippen LogP contribution in [0.15, 0.2) is 0 Å². The van der Waals surface area contributed by atoms with Gasteiger partial charge in [0.2, 0.25) is 6.41 Å². The van der Waals surface area contributed by atoms with Crippen molar-refractivity contribution in [1.29, 1.82) is 0 Å². The van der Waals surface area contributed by atoms with Crippen LogP contribution >= 0.6 is 0 Å². The van der Waals surface area contributed by atoms with Crippen molar-refractivity contribution in [2.45, 2.75) is 25.7 Å². The maximum atomic E-state index is 9.43. The zero-order chi connectivity index (χ0) is 15.5. The van der Waals surface area contributed by atoms with Gasteiger partial charge in [0.15, 0.2) is 0 Å². The minimum atomic E-state index is -0.125.